The van der Waals surface area contributed by atoms with Gasteiger partial charge in [-0.2, -0.15) is 0 Å². The Morgan fingerprint density at radius 1 is 0.912 bits per heavy atom. The van der Waals surface area contributed by atoms with Crippen molar-refractivity contribution in [1.82, 2.24) is 31.2 Å². The van der Waals surface area contributed by atoms with Gasteiger partial charge in [0.05, 0.1) is 18.4 Å². The number of nitrogens with one attached hydrogen (secondary N) is 6. The highest BCUT2D eigenvalue weighted by molar-refractivity contribution is 5.93. The molecule has 0 aliphatic rings. The van der Waals surface area contributed by atoms with Crippen molar-refractivity contribution >= 4 is 52.5 Å². The number of benzene rings is 1. The van der Waals surface area contributed by atoms with Gasteiger partial charge in [-0.15, -0.1) is 0 Å². The van der Waals surface area contributed by atoms with Gasteiger partial charge in [-0.1, -0.05) is 13.8 Å². The summed E-state index contributed by atoms with van der Waals surface area (Å²) in [5, 5.41) is 13.5. The van der Waals surface area contributed by atoms with Crippen molar-refractivity contribution in [2.45, 2.75) is 105 Å². The SMILES string of the molecule is CCN(CC)c1ccc2cc(-c3cc(=O)[nH]c(NC(=O)NCCCCC(NC(=O)C(C)NC(=O)OC(C)(C)C)C(=O)NC(CC(C)C)C(=O)OC)n3)c(=O)oc2c1. The van der Waals surface area contributed by atoms with Gasteiger partial charge in [0.25, 0.3) is 5.56 Å². The molecule has 0 radical (unpaired) electrons. The maximum Gasteiger partial charge on any atom is 0.408 e. The number of hydrogen-bond acceptors (Lipinski definition) is 12. The molecule has 18 nitrogen and oxygen atoms in total. The van der Waals surface area contributed by atoms with Crippen LogP contribution in [0.15, 0.2) is 44.3 Å². The predicted molar refractivity (Wildman–Crippen MR) is 215 cm³/mol. The molecule has 312 valence electrons. The Bertz CT molecular complexity index is 2000. The number of aromatic amines is 1. The van der Waals surface area contributed by atoms with Crippen molar-refractivity contribution in [2.24, 2.45) is 5.92 Å². The van der Waals surface area contributed by atoms with Crippen LogP contribution >= 0.6 is 0 Å². The number of carbonyl (C=O) groups excluding carboxylic acids is 5. The number of anilines is 2. The highest BCUT2D eigenvalue weighted by atomic mass is 16.6. The summed E-state index contributed by atoms with van der Waals surface area (Å²) in [6.45, 7) is 16.0. The average Bonchev–Trinajstić information content (AvgIpc) is 3.12. The topological polar surface area (TPSA) is 243 Å². The van der Waals surface area contributed by atoms with E-state index in [2.05, 4.69) is 41.5 Å². The molecule has 0 aliphatic heterocycles. The monoisotopic (exact) mass is 796 g/mol. The van der Waals surface area contributed by atoms with E-state index < -0.39 is 64.8 Å². The third-order valence-electron chi connectivity index (χ3n) is 8.57. The molecule has 0 bridgehead atoms. The van der Waals surface area contributed by atoms with Gasteiger partial charge >= 0.3 is 23.7 Å². The zero-order chi connectivity index (χ0) is 42.4. The van der Waals surface area contributed by atoms with Gasteiger partial charge in [-0.3, -0.25) is 24.7 Å². The summed E-state index contributed by atoms with van der Waals surface area (Å²) in [6, 6.07) is 4.38. The Hall–Kier alpha value is -5.94. The van der Waals surface area contributed by atoms with Crippen LogP contribution in [0.4, 0.5) is 21.2 Å². The number of aromatic nitrogens is 2. The molecule has 2 aromatic heterocycles. The Morgan fingerprint density at radius 3 is 2.23 bits per heavy atom. The summed E-state index contributed by atoms with van der Waals surface area (Å²) < 4.78 is 15.7. The minimum absolute atomic E-state index is 0.00216. The Labute approximate surface area is 331 Å². The molecule has 0 saturated carbocycles. The first kappa shape index (κ1) is 45.4. The number of esters is 1. The second-order valence-corrected chi connectivity index (χ2v) is 14.8. The number of H-pyrrole nitrogens is 1. The molecule has 0 saturated heterocycles. The number of ether oxygens (including phenoxy) is 2. The van der Waals surface area contributed by atoms with Gasteiger partial charge in [-0.25, -0.2) is 24.2 Å². The molecule has 3 aromatic rings. The largest absolute Gasteiger partial charge is 0.467 e. The van der Waals surface area contributed by atoms with Gasteiger partial charge in [0.2, 0.25) is 17.8 Å². The van der Waals surface area contributed by atoms with Gasteiger partial charge < -0.3 is 40.1 Å². The molecule has 2 heterocycles. The van der Waals surface area contributed by atoms with Crippen molar-refractivity contribution < 1.29 is 37.9 Å². The Morgan fingerprint density at radius 2 is 1.60 bits per heavy atom. The number of methoxy groups -OCH3 is 1. The highest BCUT2D eigenvalue weighted by Crippen LogP contribution is 2.24. The maximum atomic E-state index is 13.4. The fraction of sp³-hybridized carbons (Fsp3) is 0.538. The number of rotatable bonds is 18. The van der Waals surface area contributed by atoms with Crippen LogP contribution in [0.2, 0.25) is 0 Å². The third kappa shape index (κ3) is 14.3. The number of alkyl carbamates (subject to hydrolysis) is 1. The summed E-state index contributed by atoms with van der Waals surface area (Å²) >= 11 is 0. The van der Waals surface area contributed by atoms with Gasteiger partial charge in [-0.05, 0) is 91.3 Å². The van der Waals surface area contributed by atoms with Crippen LogP contribution in [0, 0.1) is 5.92 Å². The van der Waals surface area contributed by atoms with E-state index in [1.54, 1.807) is 32.9 Å². The second kappa shape index (κ2) is 20.8. The lowest BCUT2D eigenvalue weighted by molar-refractivity contribution is -0.146. The zero-order valence-corrected chi connectivity index (χ0v) is 34.1. The zero-order valence-electron chi connectivity index (χ0n) is 34.1. The van der Waals surface area contributed by atoms with Gasteiger partial charge in [0, 0.05) is 42.8 Å². The van der Waals surface area contributed by atoms with Crippen LogP contribution in [0.3, 0.4) is 0 Å². The van der Waals surface area contributed by atoms with E-state index in [1.807, 2.05) is 39.8 Å². The number of nitrogens with zero attached hydrogens (tertiary/aromatic N) is 2. The minimum atomic E-state index is -1.11. The molecule has 1 aromatic carbocycles. The van der Waals surface area contributed by atoms with Crippen LogP contribution in [0.1, 0.15) is 81.1 Å². The van der Waals surface area contributed by atoms with Gasteiger partial charge in [0.15, 0.2) is 0 Å². The average molecular weight is 797 g/mol. The smallest absolute Gasteiger partial charge is 0.408 e. The lowest BCUT2D eigenvalue weighted by Gasteiger charge is -2.25. The predicted octanol–water partition coefficient (Wildman–Crippen LogP) is 3.78. The molecule has 0 aliphatic carbocycles. The summed E-state index contributed by atoms with van der Waals surface area (Å²) in [5.74, 6) is -2.09. The summed E-state index contributed by atoms with van der Waals surface area (Å²) in [4.78, 5) is 98.2. The van der Waals surface area contributed by atoms with E-state index in [4.69, 9.17) is 13.9 Å². The van der Waals surface area contributed by atoms with Crippen molar-refractivity contribution in [1.29, 1.82) is 0 Å². The number of carbonyl (C=O) groups is 5. The molecular formula is C39H56N8O10. The van der Waals surface area contributed by atoms with Gasteiger partial charge in [0.1, 0.15) is 29.3 Å². The van der Waals surface area contributed by atoms with Crippen molar-refractivity contribution in [3.05, 3.63) is 51.1 Å². The fourth-order valence-corrected chi connectivity index (χ4v) is 5.76. The second-order valence-electron chi connectivity index (χ2n) is 14.8. The van der Waals surface area contributed by atoms with Crippen molar-refractivity contribution in [3.63, 3.8) is 0 Å². The van der Waals surface area contributed by atoms with Crippen molar-refractivity contribution in [2.75, 3.05) is 37.0 Å². The van der Waals surface area contributed by atoms with E-state index in [1.165, 1.54) is 14.0 Å². The number of hydrogen-bond donors (Lipinski definition) is 6. The summed E-state index contributed by atoms with van der Waals surface area (Å²) in [5.41, 5.74) is -0.791. The van der Waals surface area contributed by atoms with E-state index in [9.17, 15) is 33.6 Å². The normalized spacial score (nSPS) is 12.9. The summed E-state index contributed by atoms with van der Waals surface area (Å²) in [6.07, 6.45) is 0.276. The number of fused-ring (bicyclic) bond motifs is 1. The molecule has 0 fully saturated rings. The molecule has 18 heteroatoms. The van der Waals surface area contributed by atoms with E-state index >= 15 is 0 Å². The Kier molecular flexibility index (Phi) is 16.6. The maximum absolute atomic E-state index is 13.4. The van der Waals surface area contributed by atoms with E-state index in [0.29, 0.717) is 30.2 Å². The molecule has 3 rings (SSSR count). The molecule has 3 unspecified atom stereocenters. The highest BCUT2D eigenvalue weighted by Gasteiger charge is 2.30. The van der Waals surface area contributed by atoms with Crippen molar-refractivity contribution in [3.8, 4) is 11.3 Å². The number of urea groups is 1. The molecule has 0 spiro atoms. The van der Waals surface area contributed by atoms with Crippen LogP contribution in [-0.2, 0) is 23.9 Å². The molecule has 6 N–H and O–H groups in total. The molecular weight excluding hydrogens is 740 g/mol. The van der Waals surface area contributed by atoms with E-state index in [-0.39, 0.29) is 36.1 Å². The van der Waals surface area contributed by atoms with Crippen LogP contribution in [0.5, 0.6) is 0 Å². The molecule has 57 heavy (non-hydrogen) atoms. The first-order valence-corrected chi connectivity index (χ1v) is 19.0. The molecule has 3 atom stereocenters. The summed E-state index contributed by atoms with van der Waals surface area (Å²) in [7, 11) is 1.21. The van der Waals surface area contributed by atoms with E-state index in [0.717, 1.165) is 24.8 Å². The lowest BCUT2D eigenvalue weighted by atomic mass is 10.0. The number of unbranched alkanes of at least 4 members (excludes halogenated alkanes) is 1. The first-order valence-electron chi connectivity index (χ1n) is 19.0. The first-order chi connectivity index (χ1) is 26.8. The third-order valence-corrected chi connectivity index (χ3v) is 8.57. The number of amides is 5. The molecule has 5 amide bonds. The standard InChI is InChI=1S/C39H56N8O10/c1-10-47(11-2)25-16-15-24-19-26(34(51)56-30(24)20-25)28-21-31(48)45-36(44-28)46-37(53)40-17-13-12-14-27(33(50)43-29(18-22(3)4)35(52)55-9)42-32(49)23(5)41-38(54)57-39(6,7)8/h15-16,19-23,27,29H,10-14,17-18H2,1-9H3,(H,41,54)(H,42,49)(H,43,50)(H3,40,44,45,46,48,53). The van der Waals surface area contributed by atoms with Crippen LogP contribution in [-0.4, -0.2) is 90.3 Å². The Balaban J connectivity index is 1.65. The minimum Gasteiger partial charge on any atom is -0.467 e. The van der Waals surface area contributed by atoms with Crippen LogP contribution in [0.25, 0.3) is 22.2 Å². The lowest BCUT2D eigenvalue weighted by Crippen LogP contribution is -2.55. The van der Waals surface area contributed by atoms with Crippen LogP contribution < -0.4 is 42.7 Å². The quantitative estimate of drug-likeness (QED) is 0.0612. The fourth-order valence-electron chi connectivity index (χ4n) is 5.76.